The van der Waals surface area contributed by atoms with Crippen molar-refractivity contribution in [2.75, 3.05) is 25.4 Å². The molecule has 0 atom stereocenters. The molecule has 0 aliphatic rings. The van der Waals surface area contributed by atoms with Gasteiger partial charge in [-0.3, -0.25) is 0 Å². The lowest BCUT2D eigenvalue weighted by molar-refractivity contribution is 0.295. The minimum atomic E-state index is -3.41. The third kappa shape index (κ3) is 4.52. The summed E-state index contributed by atoms with van der Waals surface area (Å²) in [6.07, 6.45) is 2.54. The van der Waals surface area contributed by atoms with Crippen molar-refractivity contribution in [3.8, 4) is 22.8 Å². The molecular weight excluding hydrogens is 392 g/mol. The van der Waals surface area contributed by atoms with Crippen LogP contribution in [-0.2, 0) is 16.6 Å². The Morgan fingerprint density at radius 3 is 2.52 bits per heavy atom. The minimum Gasteiger partial charge on any atom is -0.496 e. The first-order valence-electron chi connectivity index (χ1n) is 8.85. The Hall–Kier alpha value is -3.04. The van der Waals surface area contributed by atoms with E-state index in [1.807, 2.05) is 43.3 Å². The number of ether oxygens (including phenoxy) is 2. The van der Waals surface area contributed by atoms with Gasteiger partial charge in [0.2, 0.25) is 0 Å². The van der Waals surface area contributed by atoms with Gasteiger partial charge in [-0.25, -0.2) is 14.3 Å². The molecule has 29 heavy (non-hydrogen) atoms. The smallest absolute Gasteiger partial charge is 0.250 e. The number of methoxy groups -OCH3 is 1. The molecular formula is C20H24N4O4S. The summed E-state index contributed by atoms with van der Waals surface area (Å²) < 4.78 is 35.6. The second-order valence-electron chi connectivity index (χ2n) is 6.67. The number of nitrogens with two attached hydrogens (primary N) is 1. The SMILES string of the molecule is COc1cccc(N(C)N)c1COc1ccc(-c2ccn(S(C)(=O)=O)n2)cc1C. The highest BCUT2D eigenvalue weighted by Gasteiger charge is 2.14. The van der Waals surface area contributed by atoms with Crippen LogP contribution in [0.2, 0.25) is 0 Å². The van der Waals surface area contributed by atoms with Gasteiger partial charge >= 0.3 is 0 Å². The largest absolute Gasteiger partial charge is 0.496 e. The van der Waals surface area contributed by atoms with Crippen molar-refractivity contribution in [3.05, 3.63) is 59.8 Å². The van der Waals surface area contributed by atoms with E-state index in [-0.39, 0.29) is 6.61 Å². The maximum Gasteiger partial charge on any atom is 0.250 e. The number of nitrogens with zero attached hydrogens (tertiary/aromatic N) is 3. The number of rotatable bonds is 7. The number of benzene rings is 2. The molecule has 1 aromatic heterocycles. The molecule has 2 N–H and O–H groups in total. The Balaban J connectivity index is 1.83. The molecule has 9 heteroatoms. The molecule has 0 fully saturated rings. The third-order valence-electron chi connectivity index (χ3n) is 4.46. The van der Waals surface area contributed by atoms with E-state index in [1.165, 1.54) is 11.2 Å². The second-order valence-corrected chi connectivity index (χ2v) is 8.51. The van der Waals surface area contributed by atoms with Crippen molar-refractivity contribution < 1.29 is 17.9 Å². The molecule has 0 amide bonds. The summed E-state index contributed by atoms with van der Waals surface area (Å²) >= 11 is 0. The molecule has 0 radical (unpaired) electrons. The van der Waals surface area contributed by atoms with Gasteiger partial charge in [0.05, 0.1) is 30.3 Å². The van der Waals surface area contributed by atoms with Gasteiger partial charge in [-0.05, 0) is 48.9 Å². The van der Waals surface area contributed by atoms with Gasteiger partial charge < -0.3 is 14.5 Å². The summed E-state index contributed by atoms with van der Waals surface area (Å²) in [6.45, 7) is 2.20. The van der Waals surface area contributed by atoms with Crippen LogP contribution in [0.3, 0.4) is 0 Å². The quantitative estimate of drug-likeness (QED) is 0.467. The molecule has 0 bridgehead atoms. The normalized spacial score (nSPS) is 11.3. The zero-order valence-electron chi connectivity index (χ0n) is 16.8. The molecule has 154 valence electrons. The molecule has 0 unspecified atom stereocenters. The number of hydrogen-bond acceptors (Lipinski definition) is 7. The fourth-order valence-electron chi connectivity index (χ4n) is 2.99. The molecule has 3 aromatic rings. The highest BCUT2D eigenvalue weighted by Crippen LogP contribution is 2.31. The summed E-state index contributed by atoms with van der Waals surface area (Å²) in [4.78, 5) is 0. The minimum absolute atomic E-state index is 0.282. The summed E-state index contributed by atoms with van der Waals surface area (Å²) in [6, 6.07) is 12.9. The predicted octanol–water partition coefficient (Wildman–Crippen LogP) is 2.56. The molecule has 8 nitrogen and oxygen atoms in total. The lowest BCUT2D eigenvalue weighted by atomic mass is 10.1. The molecule has 2 aromatic carbocycles. The van der Waals surface area contributed by atoms with Crippen molar-refractivity contribution in [1.82, 2.24) is 9.19 Å². The first-order valence-corrected chi connectivity index (χ1v) is 10.7. The van der Waals surface area contributed by atoms with Crippen LogP contribution in [0, 0.1) is 6.92 Å². The van der Waals surface area contributed by atoms with Gasteiger partial charge in [-0.15, -0.1) is 0 Å². The lowest BCUT2D eigenvalue weighted by Crippen LogP contribution is -2.26. The van der Waals surface area contributed by atoms with Gasteiger partial charge in [0, 0.05) is 18.8 Å². The fraction of sp³-hybridized carbons (Fsp3) is 0.250. The molecule has 0 aliphatic heterocycles. The predicted molar refractivity (Wildman–Crippen MR) is 113 cm³/mol. The number of aryl methyl sites for hydroxylation is 1. The zero-order chi connectivity index (χ0) is 21.2. The van der Waals surface area contributed by atoms with Crippen LogP contribution in [0.25, 0.3) is 11.3 Å². The van der Waals surface area contributed by atoms with Crippen molar-refractivity contribution in [2.45, 2.75) is 13.5 Å². The van der Waals surface area contributed by atoms with E-state index in [2.05, 4.69) is 5.10 Å². The van der Waals surface area contributed by atoms with Crippen molar-refractivity contribution in [2.24, 2.45) is 5.84 Å². The van der Waals surface area contributed by atoms with Gasteiger partial charge in [-0.1, -0.05) is 6.07 Å². The summed E-state index contributed by atoms with van der Waals surface area (Å²) in [5.41, 5.74) is 3.92. The Bertz CT molecular complexity index is 1120. The van der Waals surface area contributed by atoms with Gasteiger partial charge in [0.15, 0.2) is 0 Å². The lowest BCUT2D eigenvalue weighted by Gasteiger charge is -2.20. The zero-order valence-corrected chi connectivity index (χ0v) is 17.6. The first kappa shape index (κ1) is 20.7. The molecule has 0 saturated carbocycles. The van der Waals surface area contributed by atoms with E-state index in [1.54, 1.807) is 20.2 Å². The summed E-state index contributed by atoms with van der Waals surface area (Å²) in [7, 11) is -0.0467. The van der Waals surface area contributed by atoms with Crippen LogP contribution < -0.4 is 20.3 Å². The van der Waals surface area contributed by atoms with E-state index >= 15 is 0 Å². The van der Waals surface area contributed by atoms with Crippen LogP contribution in [0.5, 0.6) is 11.5 Å². The van der Waals surface area contributed by atoms with E-state index in [0.29, 0.717) is 17.2 Å². The Morgan fingerprint density at radius 1 is 1.17 bits per heavy atom. The van der Waals surface area contributed by atoms with Crippen LogP contribution >= 0.6 is 0 Å². The Kier molecular flexibility index (Phi) is 5.81. The monoisotopic (exact) mass is 416 g/mol. The molecule has 1 heterocycles. The standard InChI is InChI=1S/C20H24N4O4S/c1-14-12-15(17-10-11-24(22-17)29(4,25)26)8-9-19(14)28-13-16-18(23(2)21)6-5-7-20(16)27-3/h5-12H,13,21H2,1-4H3. The number of hydrazine groups is 1. The third-order valence-corrected chi connectivity index (χ3v) is 5.34. The Morgan fingerprint density at radius 2 is 1.93 bits per heavy atom. The number of hydrogen-bond donors (Lipinski definition) is 1. The highest BCUT2D eigenvalue weighted by atomic mass is 32.2. The second kappa shape index (κ2) is 8.14. The topological polar surface area (TPSA) is 99.7 Å². The Labute approximate surface area is 170 Å². The highest BCUT2D eigenvalue weighted by molar-refractivity contribution is 7.89. The van der Waals surface area contributed by atoms with Gasteiger partial charge in [0.25, 0.3) is 10.0 Å². The maximum atomic E-state index is 11.6. The van der Waals surface area contributed by atoms with Crippen LogP contribution in [0.1, 0.15) is 11.1 Å². The van der Waals surface area contributed by atoms with Crippen LogP contribution in [0.15, 0.2) is 48.7 Å². The summed E-state index contributed by atoms with van der Waals surface area (Å²) in [5, 5.41) is 5.64. The molecule has 3 rings (SSSR count). The van der Waals surface area contributed by atoms with Crippen molar-refractivity contribution in [1.29, 1.82) is 0 Å². The first-order chi connectivity index (χ1) is 13.7. The molecule has 0 spiro atoms. The summed E-state index contributed by atoms with van der Waals surface area (Å²) in [5.74, 6) is 7.32. The van der Waals surface area contributed by atoms with E-state index < -0.39 is 10.0 Å². The van der Waals surface area contributed by atoms with E-state index in [4.69, 9.17) is 15.3 Å². The fourth-order valence-corrected chi connectivity index (χ4v) is 3.51. The maximum absolute atomic E-state index is 11.6. The van der Waals surface area contributed by atoms with Gasteiger partial charge in [0.1, 0.15) is 18.1 Å². The molecule has 0 aliphatic carbocycles. The average molecular weight is 417 g/mol. The van der Waals surface area contributed by atoms with Crippen LogP contribution in [0.4, 0.5) is 5.69 Å². The molecule has 0 saturated heterocycles. The number of anilines is 1. The van der Waals surface area contributed by atoms with E-state index in [9.17, 15) is 8.42 Å². The van der Waals surface area contributed by atoms with Crippen molar-refractivity contribution in [3.63, 3.8) is 0 Å². The van der Waals surface area contributed by atoms with Crippen LogP contribution in [-0.4, -0.2) is 38.0 Å². The number of aromatic nitrogens is 2. The average Bonchev–Trinajstić information content (AvgIpc) is 3.17. The van der Waals surface area contributed by atoms with E-state index in [0.717, 1.165) is 32.7 Å². The van der Waals surface area contributed by atoms with Gasteiger partial charge in [-0.2, -0.15) is 9.19 Å². The van der Waals surface area contributed by atoms with Crippen molar-refractivity contribution >= 4 is 15.7 Å².